The van der Waals surface area contributed by atoms with Gasteiger partial charge in [-0.3, -0.25) is 4.79 Å². The van der Waals surface area contributed by atoms with Crippen molar-refractivity contribution in [3.8, 4) is 0 Å². The lowest BCUT2D eigenvalue weighted by molar-refractivity contribution is -0.153. The maximum atomic E-state index is 12.3. The van der Waals surface area contributed by atoms with Crippen molar-refractivity contribution in [2.75, 3.05) is 12.3 Å². The number of nitrogen functional groups attached to an aromatic ring is 1. The van der Waals surface area contributed by atoms with Gasteiger partial charge in [-0.05, 0) is 36.8 Å². The van der Waals surface area contributed by atoms with Gasteiger partial charge >= 0.3 is 5.97 Å². The number of likely N-dealkylation sites (tertiary alicyclic amines) is 1. The van der Waals surface area contributed by atoms with Crippen molar-refractivity contribution in [3.63, 3.8) is 0 Å². The third-order valence-corrected chi connectivity index (χ3v) is 4.13. The first-order valence-corrected chi connectivity index (χ1v) is 7.34. The standard InChI is InChI=1S/C16H22N2O3/c1-11-8-9-18(14(10-11)16(20)21)15(19)7-6-12-4-2-3-5-13(12)17/h2-5,11,14H,6-10,17H2,1H3,(H,20,21). The molecule has 21 heavy (non-hydrogen) atoms. The highest BCUT2D eigenvalue weighted by atomic mass is 16.4. The van der Waals surface area contributed by atoms with Crippen molar-refractivity contribution in [2.24, 2.45) is 5.92 Å². The van der Waals surface area contributed by atoms with Crippen molar-refractivity contribution < 1.29 is 14.7 Å². The highest BCUT2D eigenvalue weighted by molar-refractivity contribution is 5.84. The van der Waals surface area contributed by atoms with Crippen molar-refractivity contribution in [1.82, 2.24) is 4.90 Å². The van der Waals surface area contributed by atoms with Crippen LogP contribution in [0.15, 0.2) is 24.3 Å². The summed E-state index contributed by atoms with van der Waals surface area (Å²) in [6.07, 6.45) is 2.24. The Bertz CT molecular complexity index is 530. The van der Waals surface area contributed by atoms with E-state index < -0.39 is 12.0 Å². The van der Waals surface area contributed by atoms with Gasteiger partial charge in [0, 0.05) is 18.7 Å². The number of carbonyl (C=O) groups excluding carboxylic acids is 1. The predicted octanol–water partition coefficient (Wildman–Crippen LogP) is 1.91. The van der Waals surface area contributed by atoms with Crippen LogP contribution in [0.2, 0.25) is 0 Å². The summed E-state index contributed by atoms with van der Waals surface area (Å²) < 4.78 is 0. The second-order valence-corrected chi connectivity index (χ2v) is 5.77. The zero-order valence-corrected chi connectivity index (χ0v) is 12.3. The molecule has 3 N–H and O–H groups in total. The summed E-state index contributed by atoms with van der Waals surface area (Å²) in [5.41, 5.74) is 7.47. The van der Waals surface area contributed by atoms with Gasteiger partial charge in [0.15, 0.2) is 0 Å². The van der Waals surface area contributed by atoms with Crippen molar-refractivity contribution in [1.29, 1.82) is 0 Å². The topological polar surface area (TPSA) is 83.6 Å². The summed E-state index contributed by atoms with van der Waals surface area (Å²) in [6, 6.07) is 6.76. The number of nitrogens with two attached hydrogens (primary N) is 1. The normalized spacial score (nSPS) is 22.0. The average molecular weight is 290 g/mol. The fraction of sp³-hybridized carbons (Fsp3) is 0.500. The molecule has 5 nitrogen and oxygen atoms in total. The largest absolute Gasteiger partial charge is 0.480 e. The number of carboxylic acids is 1. The van der Waals surface area contributed by atoms with Crippen LogP contribution in [-0.2, 0) is 16.0 Å². The Morgan fingerprint density at radius 1 is 1.38 bits per heavy atom. The van der Waals surface area contributed by atoms with Crippen LogP contribution in [0.25, 0.3) is 0 Å². The fourth-order valence-electron chi connectivity index (χ4n) is 2.82. The quantitative estimate of drug-likeness (QED) is 0.830. The first kappa shape index (κ1) is 15.4. The lowest BCUT2D eigenvalue weighted by Gasteiger charge is -2.36. The maximum absolute atomic E-state index is 12.3. The molecule has 1 aliphatic heterocycles. The Morgan fingerprint density at radius 2 is 2.10 bits per heavy atom. The third-order valence-electron chi connectivity index (χ3n) is 4.13. The van der Waals surface area contributed by atoms with Crippen LogP contribution in [0.1, 0.15) is 31.7 Å². The van der Waals surface area contributed by atoms with Gasteiger partial charge in [-0.1, -0.05) is 25.1 Å². The summed E-state index contributed by atoms with van der Waals surface area (Å²) in [5, 5.41) is 9.29. The molecule has 0 saturated carbocycles. The number of aliphatic carboxylic acids is 1. The monoisotopic (exact) mass is 290 g/mol. The number of piperidine rings is 1. The van der Waals surface area contributed by atoms with E-state index in [-0.39, 0.29) is 5.91 Å². The zero-order chi connectivity index (χ0) is 15.4. The van der Waals surface area contributed by atoms with E-state index in [9.17, 15) is 14.7 Å². The Kier molecular flexibility index (Phi) is 4.83. The Morgan fingerprint density at radius 3 is 2.76 bits per heavy atom. The van der Waals surface area contributed by atoms with Crippen LogP contribution in [0.5, 0.6) is 0 Å². The van der Waals surface area contributed by atoms with E-state index in [2.05, 4.69) is 0 Å². The van der Waals surface area contributed by atoms with Crippen molar-refractivity contribution in [3.05, 3.63) is 29.8 Å². The van der Waals surface area contributed by atoms with Gasteiger partial charge in [0.05, 0.1) is 0 Å². The molecule has 0 aliphatic carbocycles. The molecule has 0 bridgehead atoms. The number of para-hydroxylation sites is 1. The number of carboxylic acid groups (broad SMARTS) is 1. The molecule has 1 saturated heterocycles. The number of benzene rings is 1. The van der Waals surface area contributed by atoms with E-state index in [1.165, 1.54) is 4.90 Å². The number of aryl methyl sites for hydroxylation is 1. The molecular weight excluding hydrogens is 268 g/mol. The van der Waals surface area contributed by atoms with Crippen LogP contribution in [0, 0.1) is 5.92 Å². The van der Waals surface area contributed by atoms with E-state index in [1.807, 2.05) is 31.2 Å². The van der Waals surface area contributed by atoms with Crippen LogP contribution in [0.4, 0.5) is 5.69 Å². The molecule has 1 amide bonds. The highest BCUT2D eigenvalue weighted by Gasteiger charge is 2.34. The first-order chi connectivity index (χ1) is 9.99. The molecule has 0 aromatic heterocycles. The molecule has 1 heterocycles. The number of rotatable bonds is 4. The van der Waals surface area contributed by atoms with Crippen LogP contribution in [-0.4, -0.2) is 34.5 Å². The molecule has 1 aromatic carbocycles. The number of hydrogen-bond acceptors (Lipinski definition) is 3. The third kappa shape index (κ3) is 3.74. The molecule has 2 rings (SSSR count). The number of carbonyl (C=O) groups is 2. The molecule has 114 valence electrons. The first-order valence-electron chi connectivity index (χ1n) is 7.34. The van der Waals surface area contributed by atoms with Gasteiger partial charge in [-0.25, -0.2) is 4.79 Å². The molecule has 0 spiro atoms. The lowest BCUT2D eigenvalue weighted by Crippen LogP contribution is -2.49. The van der Waals surface area contributed by atoms with Gasteiger partial charge in [0.2, 0.25) is 5.91 Å². The summed E-state index contributed by atoms with van der Waals surface area (Å²) in [4.78, 5) is 25.2. The lowest BCUT2D eigenvalue weighted by atomic mass is 9.92. The van der Waals surface area contributed by atoms with E-state index in [1.54, 1.807) is 0 Å². The molecule has 2 unspecified atom stereocenters. The van der Waals surface area contributed by atoms with E-state index in [0.717, 1.165) is 12.0 Å². The maximum Gasteiger partial charge on any atom is 0.326 e. The summed E-state index contributed by atoms with van der Waals surface area (Å²) in [6.45, 7) is 2.56. The van der Waals surface area contributed by atoms with Gasteiger partial charge in [-0.15, -0.1) is 0 Å². The summed E-state index contributed by atoms with van der Waals surface area (Å²) in [5.74, 6) is -0.661. The minimum atomic E-state index is -0.908. The van der Waals surface area contributed by atoms with E-state index in [4.69, 9.17) is 5.73 Å². The summed E-state index contributed by atoms with van der Waals surface area (Å²) in [7, 11) is 0. The molecule has 1 aromatic rings. The predicted molar refractivity (Wildman–Crippen MR) is 80.7 cm³/mol. The van der Waals surface area contributed by atoms with E-state index >= 15 is 0 Å². The summed E-state index contributed by atoms with van der Waals surface area (Å²) >= 11 is 0. The average Bonchev–Trinajstić information content (AvgIpc) is 2.46. The van der Waals surface area contributed by atoms with Crippen molar-refractivity contribution in [2.45, 2.75) is 38.6 Å². The number of amides is 1. The van der Waals surface area contributed by atoms with E-state index in [0.29, 0.717) is 37.4 Å². The number of anilines is 1. The SMILES string of the molecule is CC1CCN(C(=O)CCc2ccccc2N)C(C(=O)O)C1. The number of hydrogen-bond donors (Lipinski definition) is 2. The van der Waals surface area contributed by atoms with Crippen LogP contribution in [0.3, 0.4) is 0 Å². The Labute approximate surface area is 124 Å². The van der Waals surface area contributed by atoms with Crippen LogP contribution < -0.4 is 5.73 Å². The molecular formula is C16H22N2O3. The Hall–Kier alpha value is -2.04. The highest BCUT2D eigenvalue weighted by Crippen LogP contribution is 2.24. The minimum absolute atomic E-state index is 0.0995. The Balaban J connectivity index is 1.99. The van der Waals surface area contributed by atoms with Crippen LogP contribution >= 0.6 is 0 Å². The van der Waals surface area contributed by atoms with Gasteiger partial charge in [0.25, 0.3) is 0 Å². The molecule has 1 fully saturated rings. The second-order valence-electron chi connectivity index (χ2n) is 5.77. The van der Waals surface area contributed by atoms with Gasteiger partial charge in [0.1, 0.15) is 6.04 Å². The number of nitrogens with zero attached hydrogens (tertiary/aromatic N) is 1. The smallest absolute Gasteiger partial charge is 0.326 e. The molecule has 2 atom stereocenters. The van der Waals surface area contributed by atoms with Gasteiger partial charge < -0.3 is 15.7 Å². The van der Waals surface area contributed by atoms with Crippen molar-refractivity contribution >= 4 is 17.6 Å². The molecule has 5 heteroatoms. The zero-order valence-electron chi connectivity index (χ0n) is 12.3. The fourth-order valence-corrected chi connectivity index (χ4v) is 2.82. The minimum Gasteiger partial charge on any atom is -0.480 e. The molecule has 1 aliphatic rings. The molecule has 0 radical (unpaired) electrons. The second kappa shape index (κ2) is 6.61. The van der Waals surface area contributed by atoms with Gasteiger partial charge in [-0.2, -0.15) is 0 Å².